The van der Waals surface area contributed by atoms with Crippen molar-refractivity contribution >= 4 is 23.3 Å². The smallest absolute Gasteiger partial charge is 0.254 e. The van der Waals surface area contributed by atoms with Crippen LogP contribution in [0.5, 0.6) is 5.75 Å². The zero-order valence-corrected chi connectivity index (χ0v) is 19.7. The quantitative estimate of drug-likeness (QED) is 0.428. The van der Waals surface area contributed by atoms with E-state index in [2.05, 4.69) is 17.2 Å². The number of anilines is 2. The van der Waals surface area contributed by atoms with Gasteiger partial charge in [0.15, 0.2) is 0 Å². The summed E-state index contributed by atoms with van der Waals surface area (Å²) in [7, 11) is 0. The van der Waals surface area contributed by atoms with Crippen molar-refractivity contribution in [3.05, 3.63) is 72.3 Å². The molecule has 2 amide bonds. The average molecular weight is 472 g/mol. The van der Waals surface area contributed by atoms with Crippen molar-refractivity contribution in [3.63, 3.8) is 0 Å². The Bertz CT molecular complexity index is 1290. The Morgan fingerprint density at radius 1 is 1.26 bits per heavy atom. The number of rotatable bonds is 8. The fraction of sp³-hybridized carbons (Fsp3) is 0.296. The lowest BCUT2D eigenvalue weighted by molar-refractivity contribution is -0.111. The molecule has 2 aliphatic rings. The summed E-state index contributed by atoms with van der Waals surface area (Å²) >= 11 is 0. The second kappa shape index (κ2) is 8.94. The van der Waals surface area contributed by atoms with Gasteiger partial charge in [-0.25, -0.2) is 4.68 Å². The standard InChI is InChI=1S/C27H29N5O3/c1-3-22(33)30-21-7-5-4-6-20(21)27(2)14-15-29-26-23(25(28)34)24(31-32(26)27)18-10-12-19(13-11-18)35-16-17-8-9-17/h3-7,10-13,17,29H,1,8-9,14-16H2,2H3,(H2,28,34)(H,30,33). The van der Waals surface area contributed by atoms with Crippen LogP contribution < -0.4 is 21.1 Å². The van der Waals surface area contributed by atoms with Gasteiger partial charge in [-0.3, -0.25) is 9.59 Å². The van der Waals surface area contributed by atoms with E-state index in [0.29, 0.717) is 41.6 Å². The van der Waals surface area contributed by atoms with E-state index in [1.165, 1.54) is 18.9 Å². The number of hydrogen-bond acceptors (Lipinski definition) is 5. The van der Waals surface area contributed by atoms with Crippen molar-refractivity contribution in [3.8, 4) is 17.0 Å². The molecule has 5 rings (SSSR count). The highest BCUT2D eigenvalue weighted by Gasteiger charge is 2.40. The number of carbonyl (C=O) groups is 2. The van der Waals surface area contributed by atoms with Gasteiger partial charge in [0.05, 0.1) is 12.1 Å². The molecule has 4 N–H and O–H groups in total. The summed E-state index contributed by atoms with van der Waals surface area (Å²) in [5.74, 6) is 1.18. The minimum Gasteiger partial charge on any atom is -0.493 e. The highest BCUT2D eigenvalue weighted by Crippen LogP contribution is 2.42. The number of carbonyl (C=O) groups excluding carboxylic acids is 2. The number of para-hydroxylation sites is 1. The number of nitrogens with zero attached hydrogens (tertiary/aromatic N) is 2. The molecule has 1 saturated carbocycles. The summed E-state index contributed by atoms with van der Waals surface area (Å²) in [4.78, 5) is 24.7. The third-order valence-electron chi connectivity index (χ3n) is 6.76. The minimum absolute atomic E-state index is 0.293. The summed E-state index contributed by atoms with van der Waals surface area (Å²) in [5.41, 5.74) is 8.39. The predicted octanol–water partition coefficient (Wildman–Crippen LogP) is 4.14. The van der Waals surface area contributed by atoms with Crippen molar-refractivity contribution in [2.75, 3.05) is 23.8 Å². The first-order valence-electron chi connectivity index (χ1n) is 11.8. The minimum atomic E-state index is -0.638. The highest BCUT2D eigenvalue weighted by atomic mass is 16.5. The topological polar surface area (TPSA) is 111 Å². The second-order valence-corrected chi connectivity index (χ2v) is 9.32. The van der Waals surface area contributed by atoms with E-state index in [0.717, 1.165) is 23.5 Å². The number of nitrogens with one attached hydrogen (secondary N) is 2. The number of benzene rings is 2. The van der Waals surface area contributed by atoms with Gasteiger partial charge >= 0.3 is 0 Å². The first-order chi connectivity index (χ1) is 16.9. The van der Waals surface area contributed by atoms with Crippen molar-refractivity contribution in [1.82, 2.24) is 9.78 Å². The molecule has 2 aromatic carbocycles. The normalized spacial score (nSPS) is 18.8. The molecular formula is C27H29N5O3. The molecule has 3 aromatic rings. The van der Waals surface area contributed by atoms with Gasteiger partial charge in [0.25, 0.3) is 5.91 Å². The zero-order valence-electron chi connectivity index (χ0n) is 19.7. The monoisotopic (exact) mass is 471 g/mol. The summed E-state index contributed by atoms with van der Waals surface area (Å²) in [5, 5.41) is 11.1. The molecule has 180 valence electrons. The molecule has 1 aliphatic heterocycles. The summed E-state index contributed by atoms with van der Waals surface area (Å²) in [6, 6.07) is 15.2. The van der Waals surface area contributed by atoms with Crippen LogP contribution in [0.4, 0.5) is 11.5 Å². The Hall–Kier alpha value is -4.07. The highest BCUT2D eigenvalue weighted by molar-refractivity contribution is 6.04. The molecule has 1 fully saturated rings. The third kappa shape index (κ3) is 4.27. The lowest BCUT2D eigenvalue weighted by Crippen LogP contribution is -2.40. The first kappa shape index (κ1) is 22.7. The molecule has 8 nitrogen and oxygen atoms in total. The van der Waals surface area contributed by atoms with Crippen molar-refractivity contribution in [2.45, 2.75) is 31.7 Å². The average Bonchev–Trinajstić information content (AvgIpc) is 3.60. The maximum absolute atomic E-state index is 12.6. The molecule has 0 saturated heterocycles. The Labute approximate surface area is 204 Å². The van der Waals surface area contributed by atoms with Gasteiger partial charge in [-0.05, 0) is 68.5 Å². The van der Waals surface area contributed by atoms with Crippen molar-refractivity contribution in [2.24, 2.45) is 11.7 Å². The molecule has 2 heterocycles. The molecule has 0 bridgehead atoms. The Morgan fingerprint density at radius 2 is 2.00 bits per heavy atom. The van der Waals surface area contributed by atoms with Gasteiger partial charge in [0.2, 0.25) is 5.91 Å². The van der Waals surface area contributed by atoms with E-state index < -0.39 is 11.4 Å². The van der Waals surface area contributed by atoms with Crippen LogP contribution in [-0.2, 0) is 10.3 Å². The summed E-state index contributed by atoms with van der Waals surface area (Å²) < 4.78 is 7.68. The van der Waals surface area contributed by atoms with Crippen LogP contribution in [0.25, 0.3) is 11.3 Å². The second-order valence-electron chi connectivity index (χ2n) is 9.32. The maximum Gasteiger partial charge on any atom is 0.254 e. The molecule has 1 unspecified atom stereocenters. The van der Waals surface area contributed by atoms with Crippen molar-refractivity contribution in [1.29, 1.82) is 0 Å². The number of primary amides is 1. The van der Waals surface area contributed by atoms with E-state index in [1.807, 2.05) is 60.1 Å². The van der Waals surface area contributed by atoms with Gasteiger partial charge in [0, 0.05) is 23.4 Å². The SMILES string of the molecule is C=CC(=O)Nc1ccccc1C1(C)CCNc2c(C(N)=O)c(-c3ccc(OCC4CC4)cc3)nn21. The van der Waals surface area contributed by atoms with E-state index >= 15 is 0 Å². The summed E-state index contributed by atoms with van der Waals surface area (Å²) in [6.07, 6.45) is 4.38. The molecule has 0 spiro atoms. The molecule has 0 radical (unpaired) electrons. The van der Waals surface area contributed by atoms with Crippen LogP contribution in [0.15, 0.2) is 61.2 Å². The van der Waals surface area contributed by atoms with Crippen LogP contribution in [0, 0.1) is 5.92 Å². The Morgan fingerprint density at radius 3 is 2.69 bits per heavy atom. The van der Waals surface area contributed by atoms with Crippen LogP contribution >= 0.6 is 0 Å². The number of nitrogens with two attached hydrogens (primary N) is 1. The van der Waals surface area contributed by atoms with Gasteiger partial charge in [-0.2, -0.15) is 5.10 Å². The van der Waals surface area contributed by atoms with E-state index in [1.54, 1.807) is 0 Å². The van der Waals surface area contributed by atoms with Gasteiger partial charge in [0.1, 0.15) is 22.8 Å². The van der Waals surface area contributed by atoms with Crippen LogP contribution in [0.2, 0.25) is 0 Å². The first-order valence-corrected chi connectivity index (χ1v) is 11.8. The Kier molecular flexibility index (Phi) is 5.80. The number of fused-ring (bicyclic) bond motifs is 1. The van der Waals surface area contributed by atoms with Crippen LogP contribution in [0.3, 0.4) is 0 Å². The largest absolute Gasteiger partial charge is 0.493 e. The molecule has 1 atom stereocenters. The fourth-order valence-electron chi connectivity index (χ4n) is 4.61. The van der Waals surface area contributed by atoms with E-state index in [4.69, 9.17) is 15.6 Å². The van der Waals surface area contributed by atoms with Gasteiger partial charge in [-0.15, -0.1) is 0 Å². The fourth-order valence-corrected chi connectivity index (χ4v) is 4.61. The van der Waals surface area contributed by atoms with E-state index in [9.17, 15) is 9.59 Å². The van der Waals surface area contributed by atoms with Crippen molar-refractivity contribution < 1.29 is 14.3 Å². The molecular weight excluding hydrogens is 442 g/mol. The molecule has 1 aliphatic carbocycles. The van der Waals surface area contributed by atoms with Gasteiger partial charge < -0.3 is 21.1 Å². The lowest BCUT2D eigenvalue weighted by Gasteiger charge is -2.37. The van der Waals surface area contributed by atoms with Crippen LogP contribution in [-0.4, -0.2) is 34.7 Å². The van der Waals surface area contributed by atoms with E-state index in [-0.39, 0.29) is 5.91 Å². The number of hydrogen-bond donors (Lipinski definition) is 3. The van der Waals surface area contributed by atoms with Crippen LogP contribution in [0.1, 0.15) is 42.1 Å². The third-order valence-corrected chi connectivity index (χ3v) is 6.76. The van der Waals surface area contributed by atoms with Gasteiger partial charge in [-0.1, -0.05) is 24.8 Å². The number of amides is 2. The maximum atomic E-state index is 12.6. The molecule has 35 heavy (non-hydrogen) atoms. The Balaban J connectivity index is 1.57. The molecule has 1 aromatic heterocycles. The number of ether oxygens (including phenoxy) is 1. The zero-order chi connectivity index (χ0) is 24.6. The molecule has 8 heteroatoms. The summed E-state index contributed by atoms with van der Waals surface area (Å²) in [6.45, 7) is 6.94. The number of aromatic nitrogens is 2. The predicted molar refractivity (Wildman–Crippen MR) is 136 cm³/mol. The lowest BCUT2D eigenvalue weighted by atomic mass is 9.86.